The largest absolute Gasteiger partial charge is 0.394 e. The van der Waals surface area contributed by atoms with Crippen LogP contribution in [0.2, 0.25) is 0 Å². The molecule has 83 heavy (non-hydrogen) atoms. The highest BCUT2D eigenvalue weighted by Gasteiger charge is 2.51. The molecule has 482 valence electrons. The highest BCUT2D eigenvalue weighted by Crippen LogP contribution is 2.30. The van der Waals surface area contributed by atoms with Gasteiger partial charge in [-0.15, -0.1) is 0 Å². The molecule has 0 spiro atoms. The molecule has 0 saturated carbocycles. The molecule has 1 amide bonds. The van der Waals surface area contributed by atoms with E-state index < -0.39 is 86.8 Å². The molecular weight excluding hydrogens is 1050 g/mol. The van der Waals surface area contributed by atoms with E-state index >= 15 is 0 Å². The van der Waals surface area contributed by atoms with Crippen molar-refractivity contribution in [1.29, 1.82) is 0 Å². The Morgan fingerprint density at radius 2 is 0.843 bits per heavy atom. The number of ether oxygens (including phenoxy) is 4. The number of hydrogen-bond acceptors (Lipinski definition) is 13. The van der Waals surface area contributed by atoms with Gasteiger partial charge >= 0.3 is 0 Å². The van der Waals surface area contributed by atoms with E-state index in [0.29, 0.717) is 12.8 Å². The van der Waals surface area contributed by atoms with Gasteiger partial charge in [0.05, 0.1) is 32.0 Å². The minimum Gasteiger partial charge on any atom is -0.394 e. The smallest absolute Gasteiger partial charge is 0.220 e. The van der Waals surface area contributed by atoms with Gasteiger partial charge in [0.2, 0.25) is 5.91 Å². The number of carbonyl (C=O) groups is 1. The quantitative estimate of drug-likeness (QED) is 0.0204. The summed E-state index contributed by atoms with van der Waals surface area (Å²) in [5.74, 6) is -0.251. The van der Waals surface area contributed by atoms with Crippen molar-refractivity contribution in [3.63, 3.8) is 0 Å². The maximum absolute atomic E-state index is 13.3. The average Bonchev–Trinajstić information content (AvgIpc) is 3.65. The SMILES string of the molecule is CC/C=C\C/C=C\C/C=C\C/C=C\CCCCCCCCCCCCCCC(=O)NC(COC1OC(CO)C(OC2OC(CO)C(O)C(O)C2O)C(O)C1O)C(O)/C=C/CC/C=C/CCCCCCCCCCCCCCCCCCCC. The summed E-state index contributed by atoms with van der Waals surface area (Å²) < 4.78 is 22.8. The number of aliphatic hydroxyl groups excluding tert-OH is 8. The molecule has 2 saturated heterocycles. The lowest BCUT2D eigenvalue weighted by molar-refractivity contribution is -0.359. The van der Waals surface area contributed by atoms with Gasteiger partial charge in [-0.05, 0) is 70.6 Å². The third-order valence-electron chi connectivity index (χ3n) is 16.1. The number of rotatable bonds is 54. The molecule has 14 nitrogen and oxygen atoms in total. The van der Waals surface area contributed by atoms with Crippen LogP contribution in [0.1, 0.15) is 264 Å². The summed E-state index contributed by atoms with van der Waals surface area (Å²) >= 11 is 0. The first-order chi connectivity index (χ1) is 40.6. The van der Waals surface area contributed by atoms with E-state index in [1.807, 2.05) is 6.08 Å². The number of unbranched alkanes of at least 4 members (excludes halogenated alkanes) is 31. The Balaban J connectivity index is 1.72. The van der Waals surface area contributed by atoms with Crippen molar-refractivity contribution in [3.8, 4) is 0 Å². The van der Waals surface area contributed by atoms with Gasteiger partial charge in [-0.25, -0.2) is 0 Å². The van der Waals surface area contributed by atoms with E-state index in [1.165, 1.54) is 167 Å². The minimum atomic E-state index is -1.79. The lowest BCUT2D eigenvalue weighted by Gasteiger charge is -2.46. The first kappa shape index (κ1) is 76.5. The van der Waals surface area contributed by atoms with E-state index in [0.717, 1.165) is 64.2 Å². The van der Waals surface area contributed by atoms with Gasteiger partial charge in [0.1, 0.15) is 48.8 Å². The van der Waals surface area contributed by atoms with Crippen LogP contribution >= 0.6 is 0 Å². The maximum Gasteiger partial charge on any atom is 0.220 e. The van der Waals surface area contributed by atoms with Crippen LogP contribution in [0.15, 0.2) is 72.9 Å². The fourth-order valence-corrected chi connectivity index (χ4v) is 10.8. The fraction of sp³-hybridized carbons (Fsp3) is 0.812. The molecule has 2 aliphatic rings. The molecule has 2 heterocycles. The normalized spacial score (nSPS) is 24.3. The molecule has 0 aromatic carbocycles. The van der Waals surface area contributed by atoms with Crippen LogP contribution in [0.4, 0.5) is 0 Å². The molecule has 12 atom stereocenters. The summed E-state index contributed by atoms with van der Waals surface area (Å²) in [5.41, 5.74) is 0. The monoisotopic (exact) mass is 1170 g/mol. The van der Waals surface area contributed by atoms with Crippen molar-refractivity contribution in [2.45, 2.75) is 338 Å². The Morgan fingerprint density at radius 3 is 1.33 bits per heavy atom. The number of carbonyl (C=O) groups excluding carboxylic acids is 1. The van der Waals surface area contributed by atoms with Crippen molar-refractivity contribution in [3.05, 3.63) is 72.9 Å². The van der Waals surface area contributed by atoms with Gasteiger partial charge in [-0.1, -0.05) is 260 Å². The van der Waals surface area contributed by atoms with Crippen molar-refractivity contribution in [2.24, 2.45) is 0 Å². The molecular formula is C69H123NO13. The van der Waals surface area contributed by atoms with Gasteiger partial charge in [0, 0.05) is 6.42 Å². The molecule has 2 aliphatic heterocycles. The molecule has 0 aromatic rings. The minimum absolute atomic E-state index is 0.251. The molecule has 12 unspecified atom stereocenters. The zero-order valence-electron chi connectivity index (χ0n) is 52.2. The Morgan fingerprint density at radius 1 is 0.446 bits per heavy atom. The Bertz CT molecular complexity index is 1670. The number of hydrogen-bond donors (Lipinski definition) is 9. The standard InChI is InChI=1S/C69H123NO13/c1-3-5-7-9-11-13-15-17-19-21-23-25-27-29-31-33-35-37-39-41-43-45-47-49-51-53-61(74)70-57(56-80-68-66(79)64(77)67(60(55-72)82-68)83-69-65(78)63(76)62(75)59(54-71)81-69)58(73)52-50-48-46-44-42-40-38-36-34-32-30-28-26-24-22-20-18-16-14-12-10-8-6-4-2/h5,7,11,13,17,19,23,25,42,44,50,52,57-60,62-69,71-73,75-79H,3-4,6,8-10,12,14-16,18,20-22,24,26-41,43,45-49,51,53-56H2,1-2H3,(H,70,74)/b7-5-,13-11-,19-17-,25-23-,44-42+,52-50+. The molecule has 14 heteroatoms. The summed E-state index contributed by atoms with van der Waals surface area (Å²) in [4.78, 5) is 13.3. The molecule has 0 aromatic heterocycles. The van der Waals surface area contributed by atoms with E-state index in [4.69, 9.17) is 18.9 Å². The molecule has 2 rings (SSSR count). The number of nitrogens with one attached hydrogen (secondary N) is 1. The second-order valence-corrected chi connectivity index (χ2v) is 23.6. The fourth-order valence-electron chi connectivity index (χ4n) is 10.8. The van der Waals surface area contributed by atoms with E-state index in [9.17, 15) is 45.6 Å². The van der Waals surface area contributed by atoms with E-state index in [1.54, 1.807) is 6.08 Å². The Labute approximate surface area is 504 Å². The van der Waals surface area contributed by atoms with Gasteiger partial charge in [-0.2, -0.15) is 0 Å². The highest BCUT2D eigenvalue weighted by atomic mass is 16.7. The molecule has 0 radical (unpaired) electrons. The van der Waals surface area contributed by atoms with E-state index in [2.05, 4.69) is 79.9 Å². The second-order valence-electron chi connectivity index (χ2n) is 23.6. The van der Waals surface area contributed by atoms with Crippen molar-refractivity contribution >= 4 is 5.91 Å². The van der Waals surface area contributed by atoms with E-state index in [-0.39, 0.29) is 18.9 Å². The van der Waals surface area contributed by atoms with Crippen LogP contribution in [0, 0.1) is 0 Å². The number of amides is 1. The Hall–Kier alpha value is -2.57. The maximum atomic E-state index is 13.3. The van der Waals surface area contributed by atoms with Gasteiger partial charge in [0.15, 0.2) is 12.6 Å². The Kier molecular flexibility index (Phi) is 49.5. The first-order valence-electron chi connectivity index (χ1n) is 33.7. The third kappa shape index (κ3) is 38.4. The van der Waals surface area contributed by atoms with Gasteiger partial charge in [-0.3, -0.25) is 4.79 Å². The summed E-state index contributed by atoms with van der Waals surface area (Å²) in [6, 6.07) is -0.937. The lowest BCUT2D eigenvalue weighted by Crippen LogP contribution is -2.65. The van der Waals surface area contributed by atoms with Crippen LogP contribution in [-0.4, -0.2) is 140 Å². The lowest BCUT2D eigenvalue weighted by atomic mass is 9.97. The van der Waals surface area contributed by atoms with Crippen LogP contribution in [-0.2, 0) is 23.7 Å². The summed E-state index contributed by atoms with van der Waals surface area (Å²) in [7, 11) is 0. The number of allylic oxidation sites excluding steroid dienone is 11. The van der Waals surface area contributed by atoms with Crippen LogP contribution < -0.4 is 5.32 Å². The molecule has 0 bridgehead atoms. The van der Waals surface area contributed by atoms with Crippen molar-refractivity contribution < 1.29 is 64.6 Å². The predicted molar refractivity (Wildman–Crippen MR) is 337 cm³/mol. The van der Waals surface area contributed by atoms with Gasteiger partial charge in [0.25, 0.3) is 0 Å². The summed E-state index contributed by atoms with van der Waals surface area (Å²) in [6.45, 7) is 2.69. The van der Waals surface area contributed by atoms with Crippen LogP contribution in [0.5, 0.6) is 0 Å². The van der Waals surface area contributed by atoms with Crippen LogP contribution in [0.3, 0.4) is 0 Å². The predicted octanol–water partition coefficient (Wildman–Crippen LogP) is 13.1. The molecule has 2 fully saturated rings. The second kappa shape index (κ2) is 53.7. The first-order valence-corrected chi connectivity index (χ1v) is 33.7. The van der Waals surface area contributed by atoms with Gasteiger partial charge < -0.3 is 65.1 Å². The molecule has 9 N–H and O–H groups in total. The summed E-state index contributed by atoms with van der Waals surface area (Å²) in [5, 5.41) is 87.3. The van der Waals surface area contributed by atoms with Crippen molar-refractivity contribution in [1.82, 2.24) is 5.32 Å². The highest BCUT2D eigenvalue weighted by molar-refractivity contribution is 5.76. The zero-order valence-corrected chi connectivity index (χ0v) is 52.2. The number of aliphatic hydroxyl groups is 8. The van der Waals surface area contributed by atoms with Crippen molar-refractivity contribution in [2.75, 3.05) is 19.8 Å². The zero-order chi connectivity index (χ0) is 60.2. The topological polar surface area (TPSA) is 228 Å². The average molecular weight is 1170 g/mol. The molecule has 0 aliphatic carbocycles. The van der Waals surface area contributed by atoms with Crippen LogP contribution in [0.25, 0.3) is 0 Å². The third-order valence-corrected chi connectivity index (χ3v) is 16.1. The summed E-state index contributed by atoms with van der Waals surface area (Å²) in [6.07, 6.45) is 55.2.